The second-order valence-corrected chi connectivity index (χ2v) is 12.7. The number of aliphatic hydroxyl groups is 3. The molecule has 0 aliphatic heterocycles. The molecule has 0 unspecified atom stereocenters. The SMILES string of the molecule is CN(C)c1cc(NC(=O)CNC(C)(C)C)c(O)c2c1C[C@@H]1C[C@@H]3[C@@H](N(C)C)C(=O)C(C(N)=O)=C(O)[C@]3(O)C(=O)C1=C2O. The standard InChI is InChI=1S/C29H39N5O8/c1-28(2,3)31-11-17(35)32-15-10-16(33(4)5)13-8-12-9-14-21(34(6)7)24(38)20(27(30)41)26(40)29(14,42)25(39)18(12)23(37)19(13)22(15)36/h10,12,14,21,31,36-37,40,42H,8-9,11H2,1-7H3,(H2,30,41)(H,32,35)/t12-,14-,21-,29-/m1/s1. The molecule has 4 atom stereocenters. The van der Waals surface area contributed by atoms with Gasteiger partial charge < -0.3 is 41.7 Å². The fourth-order valence-electron chi connectivity index (χ4n) is 6.33. The lowest BCUT2D eigenvalue weighted by molar-refractivity contribution is -0.153. The number of hydrogen-bond acceptors (Lipinski definition) is 11. The van der Waals surface area contributed by atoms with Gasteiger partial charge in [0.2, 0.25) is 11.7 Å². The molecule has 1 aromatic rings. The molecule has 0 saturated heterocycles. The minimum Gasteiger partial charge on any atom is -0.508 e. The summed E-state index contributed by atoms with van der Waals surface area (Å²) in [7, 11) is 6.58. The van der Waals surface area contributed by atoms with Crippen molar-refractivity contribution in [3.63, 3.8) is 0 Å². The summed E-state index contributed by atoms with van der Waals surface area (Å²) in [5, 5.41) is 51.3. The summed E-state index contributed by atoms with van der Waals surface area (Å²) in [5.74, 6) is -7.79. The molecule has 13 heteroatoms. The van der Waals surface area contributed by atoms with Gasteiger partial charge in [0.25, 0.3) is 5.91 Å². The maximum absolute atomic E-state index is 14.0. The van der Waals surface area contributed by atoms with Gasteiger partial charge in [-0.05, 0) is 65.3 Å². The number of carbonyl (C=O) groups excluding carboxylic acids is 4. The first-order valence-electron chi connectivity index (χ1n) is 13.6. The quantitative estimate of drug-likeness (QED) is 0.179. The van der Waals surface area contributed by atoms with Gasteiger partial charge in [-0.3, -0.25) is 24.1 Å². The summed E-state index contributed by atoms with van der Waals surface area (Å²) in [4.78, 5) is 55.3. The number of likely N-dealkylation sites (N-methyl/N-ethyl adjacent to an activating group) is 1. The van der Waals surface area contributed by atoms with Crippen molar-refractivity contribution in [3.8, 4) is 5.75 Å². The van der Waals surface area contributed by atoms with Crippen molar-refractivity contribution >= 4 is 40.5 Å². The van der Waals surface area contributed by atoms with E-state index in [4.69, 9.17) is 5.73 Å². The summed E-state index contributed by atoms with van der Waals surface area (Å²) < 4.78 is 0. The third kappa shape index (κ3) is 4.80. The number of benzene rings is 1. The Morgan fingerprint density at radius 2 is 1.74 bits per heavy atom. The number of aromatic hydroxyl groups is 1. The van der Waals surface area contributed by atoms with Gasteiger partial charge in [-0.15, -0.1) is 0 Å². The lowest BCUT2D eigenvalue weighted by atomic mass is 9.57. The van der Waals surface area contributed by atoms with E-state index in [0.29, 0.717) is 11.3 Å². The number of primary amides is 1. The topological polar surface area (TPSA) is 206 Å². The second kappa shape index (κ2) is 10.4. The lowest BCUT2D eigenvalue weighted by Crippen LogP contribution is -2.65. The third-order valence-corrected chi connectivity index (χ3v) is 8.23. The molecule has 1 saturated carbocycles. The molecule has 3 aliphatic carbocycles. The summed E-state index contributed by atoms with van der Waals surface area (Å²) in [6.07, 6.45) is 0.117. The van der Waals surface area contributed by atoms with Gasteiger partial charge in [0.05, 0.1) is 23.8 Å². The Balaban J connectivity index is 1.89. The molecule has 0 heterocycles. The Labute approximate surface area is 243 Å². The van der Waals surface area contributed by atoms with E-state index in [-0.39, 0.29) is 41.7 Å². The molecule has 0 spiro atoms. The number of rotatable bonds is 6. The van der Waals surface area contributed by atoms with E-state index in [0.717, 1.165) is 0 Å². The highest BCUT2D eigenvalue weighted by Gasteiger charge is 2.64. The van der Waals surface area contributed by atoms with Crippen LogP contribution in [0.1, 0.15) is 38.3 Å². The predicted molar refractivity (Wildman–Crippen MR) is 155 cm³/mol. The van der Waals surface area contributed by atoms with Crippen LogP contribution in [0.3, 0.4) is 0 Å². The number of phenols is 1. The second-order valence-electron chi connectivity index (χ2n) is 12.7. The first-order chi connectivity index (χ1) is 19.3. The molecular formula is C29H39N5O8. The zero-order valence-corrected chi connectivity index (χ0v) is 24.8. The maximum Gasteiger partial charge on any atom is 0.255 e. The van der Waals surface area contributed by atoms with Crippen LogP contribution in [-0.4, -0.2) is 101 Å². The van der Waals surface area contributed by atoms with Crippen LogP contribution in [0.4, 0.5) is 11.4 Å². The number of nitrogens with one attached hydrogen (secondary N) is 2. The minimum absolute atomic E-state index is 0.00158. The van der Waals surface area contributed by atoms with E-state index >= 15 is 0 Å². The molecule has 3 aliphatic rings. The molecule has 8 N–H and O–H groups in total. The molecule has 0 bridgehead atoms. The van der Waals surface area contributed by atoms with Crippen molar-refractivity contribution in [3.05, 3.63) is 34.1 Å². The van der Waals surface area contributed by atoms with Gasteiger partial charge in [-0.2, -0.15) is 0 Å². The van der Waals surface area contributed by atoms with Gasteiger partial charge in [0.1, 0.15) is 22.8 Å². The van der Waals surface area contributed by atoms with Crippen LogP contribution < -0.4 is 21.3 Å². The number of nitrogens with zero attached hydrogens (tertiary/aromatic N) is 2. The largest absolute Gasteiger partial charge is 0.508 e. The average molecular weight is 586 g/mol. The Kier molecular flexibility index (Phi) is 7.68. The monoisotopic (exact) mass is 585 g/mol. The van der Waals surface area contributed by atoms with E-state index in [1.165, 1.54) is 4.90 Å². The van der Waals surface area contributed by atoms with Gasteiger partial charge in [0.15, 0.2) is 11.4 Å². The van der Waals surface area contributed by atoms with Crippen LogP contribution in [0.15, 0.2) is 23.0 Å². The zero-order valence-electron chi connectivity index (χ0n) is 24.8. The smallest absolute Gasteiger partial charge is 0.255 e. The van der Waals surface area contributed by atoms with Crippen molar-refractivity contribution in [1.82, 2.24) is 10.2 Å². The lowest BCUT2D eigenvalue weighted by Gasteiger charge is -2.50. The van der Waals surface area contributed by atoms with E-state index in [2.05, 4.69) is 10.6 Å². The molecule has 2 amide bonds. The summed E-state index contributed by atoms with van der Waals surface area (Å²) in [5.41, 5.74) is 2.11. The number of Topliss-reactive ketones (excluding diaryl/α,β-unsaturated/α-hetero) is 2. The Bertz CT molecular complexity index is 1450. The number of carbonyl (C=O) groups is 4. The minimum atomic E-state index is -2.73. The summed E-state index contributed by atoms with van der Waals surface area (Å²) >= 11 is 0. The molecule has 13 nitrogen and oxygen atoms in total. The Morgan fingerprint density at radius 3 is 2.26 bits per heavy atom. The van der Waals surface area contributed by atoms with E-state index < -0.39 is 69.7 Å². The van der Waals surface area contributed by atoms with Crippen LogP contribution in [-0.2, 0) is 25.6 Å². The van der Waals surface area contributed by atoms with Crippen molar-refractivity contribution in [2.24, 2.45) is 17.6 Å². The van der Waals surface area contributed by atoms with Crippen LogP contribution in [0.25, 0.3) is 5.76 Å². The number of amides is 2. The van der Waals surface area contributed by atoms with Gasteiger partial charge in [0, 0.05) is 36.8 Å². The first-order valence-corrected chi connectivity index (χ1v) is 13.6. The van der Waals surface area contributed by atoms with Gasteiger partial charge >= 0.3 is 0 Å². The number of nitrogens with two attached hydrogens (primary N) is 1. The zero-order chi connectivity index (χ0) is 31.6. The Morgan fingerprint density at radius 1 is 1.12 bits per heavy atom. The number of anilines is 2. The van der Waals surface area contributed by atoms with Crippen LogP contribution in [0, 0.1) is 11.8 Å². The van der Waals surface area contributed by atoms with E-state index in [1.807, 2.05) is 20.8 Å². The van der Waals surface area contributed by atoms with Crippen molar-refractivity contribution in [2.75, 3.05) is 45.0 Å². The molecule has 1 aromatic carbocycles. The molecule has 0 radical (unpaired) electrons. The van der Waals surface area contributed by atoms with Crippen molar-refractivity contribution in [1.29, 1.82) is 0 Å². The number of ketones is 2. The van der Waals surface area contributed by atoms with E-state index in [1.54, 1.807) is 39.2 Å². The molecule has 42 heavy (non-hydrogen) atoms. The highest BCUT2D eigenvalue weighted by atomic mass is 16.3. The van der Waals surface area contributed by atoms with Crippen LogP contribution in [0.5, 0.6) is 5.75 Å². The molecular weight excluding hydrogens is 546 g/mol. The van der Waals surface area contributed by atoms with Crippen LogP contribution >= 0.6 is 0 Å². The normalized spacial score (nSPS) is 25.7. The fraction of sp³-hybridized carbons (Fsp3) is 0.517. The molecule has 4 rings (SSSR count). The van der Waals surface area contributed by atoms with Gasteiger partial charge in [-0.25, -0.2) is 0 Å². The molecule has 1 fully saturated rings. The number of fused-ring (bicyclic) bond motifs is 3. The first kappa shape index (κ1) is 31.0. The van der Waals surface area contributed by atoms with Crippen molar-refractivity contribution < 1.29 is 39.6 Å². The molecule has 0 aromatic heterocycles. The maximum atomic E-state index is 14.0. The Hall–Kier alpha value is -3.94. The third-order valence-electron chi connectivity index (χ3n) is 8.23. The number of phenolic OH excluding ortho intramolecular Hbond substituents is 1. The predicted octanol–water partition coefficient (Wildman–Crippen LogP) is 0.357. The van der Waals surface area contributed by atoms with Gasteiger partial charge in [-0.1, -0.05) is 0 Å². The number of hydrogen-bond donors (Lipinski definition) is 7. The molecule has 228 valence electrons. The average Bonchev–Trinajstić information content (AvgIpc) is 2.85. The summed E-state index contributed by atoms with van der Waals surface area (Å²) in [6, 6.07) is 0.409. The van der Waals surface area contributed by atoms with Crippen LogP contribution in [0.2, 0.25) is 0 Å². The highest BCUT2D eigenvalue weighted by Crippen LogP contribution is 2.54. The highest BCUT2D eigenvalue weighted by molar-refractivity contribution is 6.24. The fourth-order valence-corrected chi connectivity index (χ4v) is 6.33. The van der Waals surface area contributed by atoms with E-state index in [9.17, 15) is 39.6 Å². The number of aliphatic hydroxyl groups excluding tert-OH is 2. The summed E-state index contributed by atoms with van der Waals surface area (Å²) in [6.45, 7) is 5.62. The van der Waals surface area contributed by atoms with Crippen molar-refractivity contribution in [2.45, 2.75) is 50.8 Å².